The van der Waals surface area contributed by atoms with Crippen LogP contribution in [0.25, 0.3) is 11.2 Å². The molecule has 2 aromatic heterocycles. The highest BCUT2D eigenvalue weighted by atomic mass is 35.5. The summed E-state index contributed by atoms with van der Waals surface area (Å²) in [5.41, 5.74) is 2.74. The Morgan fingerprint density at radius 2 is 2.29 bits per heavy atom. The minimum atomic E-state index is 0.484. The van der Waals surface area contributed by atoms with Gasteiger partial charge in [0, 0.05) is 17.9 Å². The Kier molecular flexibility index (Phi) is 3.89. The Balaban J connectivity index is 1.97. The lowest BCUT2D eigenvalue weighted by atomic mass is 9.93. The summed E-state index contributed by atoms with van der Waals surface area (Å²) in [6, 6.07) is 2.35. The highest BCUT2D eigenvalue weighted by molar-refractivity contribution is 6.31. The first-order chi connectivity index (χ1) is 10.0. The van der Waals surface area contributed by atoms with E-state index in [2.05, 4.69) is 40.3 Å². The molecule has 5 heteroatoms. The van der Waals surface area contributed by atoms with E-state index < -0.39 is 0 Å². The van der Waals surface area contributed by atoms with Crippen molar-refractivity contribution in [3.63, 3.8) is 0 Å². The van der Waals surface area contributed by atoms with Crippen molar-refractivity contribution in [2.75, 3.05) is 5.32 Å². The number of allylic oxidation sites excluding steroid dienone is 1. The molecule has 21 heavy (non-hydrogen) atoms. The summed E-state index contributed by atoms with van der Waals surface area (Å²) in [7, 11) is 0. The van der Waals surface area contributed by atoms with Gasteiger partial charge in [-0.05, 0) is 37.7 Å². The highest BCUT2D eigenvalue weighted by Gasteiger charge is 2.25. The molecule has 3 rings (SSSR count). The summed E-state index contributed by atoms with van der Waals surface area (Å²) in [5, 5.41) is 3.99. The summed E-state index contributed by atoms with van der Waals surface area (Å²) in [6.45, 7) is 8.48. The largest absolute Gasteiger partial charge is 0.330 e. The van der Waals surface area contributed by atoms with Crippen LogP contribution in [0.5, 0.6) is 0 Å². The van der Waals surface area contributed by atoms with E-state index in [9.17, 15) is 0 Å². The van der Waals surface area contributed by atoms with Gasteiger partial charge in [0.1, 0.15) is 5.52 Å². The Hall–Kier alpha value is -1.55. The number of hydrogen-bond donors (Lipinski definition) is 1. The van der Waals surface area contributed by atoms with E-state index in [0.717, 1.165) is 29.2 Å². The molecule has 2 aromatic rings. The number of aromatic nitrogens is 3. The average molecular weight is 305 g/mol. The molecule has 1 aliphatic rings. The second-order valence-corrected chi connectivity index (χ2v) is 6.65. The Bertz CT molecular complexity index is 670. The monoisotopic (exact) mass is 304 g/mol. The number of halogens is 1. The topological polar surface area (TPSA) is 42.7 Å². The second-order valence-electron chi connectivity index (χ2n) is 6.21. The molecule has 1 saturated carbocycles. The van der Waals surface area contributed by atoms with Gasteiger partial charge in [0.2, 0.25) is 5.95 Å². The highest BCUT2D eigenvalue weighted by Crippen LogP contribution is 2.37. The summed E-state index contributed by atoms with van der Waals surface area (Å²) < 4.78 is 2.21. The number of nitrogens with one attached hydrogen (secondary N) is 1. The fourth-order valence-corrected chi connectivity index (χ4v) is 2.89. The van der Waals surface area contributed by atoms with Crippen LogP contribution in [0.1, 0.15) is 45.6 Å². The van der Waals surface area contributed by atoms with E-state index in [1.807, 2.05) is 6.07 Å². The van der Waals surface area contributed by atoms with Crippen LogP contribution in [0, 0.1) is 5.92 Å². The molecule has 0 bridgehead atoms. The van der Waals surface area contributed by atoms with E-state index in [0.29, 0.717) is 17.0 Å². The van der Waals surface area contributed by atoms with Gasteiger partial charge < -0.3 is 5.32 Å². The minimum Gasteiger partial charge on any atom is -0.330 e. The molecule has 0 aliphatic heterocycles. The number of imidazole rings is 1. The molecule has 0 unspecified atom stereocenters. The van der Waals surface area contributed by atoms with Crippen molar-refractivity contribution in [3.8, 4) is 0 Å². The van der Waals surface area contributed by atoms with E-state index in [-0.39, 0.29) is 0 Å². The summed E-state index contributed by atoms with van der Waals surface area (Å²) in [4.78, 5) is 9.14. The van der Waals surface area contributed by atoms with Crippen LogP contribution in [0.15, 0.2) is 24.5 Å². The Morgan fingerprint density at radius 3 is 2.90 bits per heavy atom. The van der Waals surface area contributed by atoms with E-state index in [4.69, 9.17) is 11.6 Å². The number of pyridine rings is 1. The predicted molar refractivity (Wildman–Crippen MR) is 87.6 cm³/mol. The molecular formula is C16H21ClN4. The van der Waals surface area contributed by atoms with Crippen LogP contribution >= 0.6 is 11.6 Å². The van der Waals surface area contributed by atoms with Gasteiger partial charge in [-0.25, -0.2) is 9.97 Å². The van der Waals surface area contributed by atoms with E-state index in [1.54, 1.807) is 6.20 Å². The summed E-state index contributed by atoms with van der Waals surface area (Å²) in [5.74, 6) is 1.41. The lowest BCUT2D eigenvalue weighted by Crippen LogP contribution is -2.19. The van der Waals surface area contributed by atoms with E-state index >= 15 is 0 Å². The molecule has 1 N–H and O–H groups in total. The average Bonchev–Trinajstić information content (AvgIpc) is 2.63. The Morgan fingerprint density at radius 1 is 1.52 bits per heavy atom. The van der Waals surface area contributed by atoms with Gasteiger partial charge in [0.05, 0.1) is 5.02 Å². The molecule has 0 radical (unpaired) electrons. The van der Waals surface area contributed by atoms with Gasteiger partial charge in [-0.3, -0.25) is 4.57 Å². The zero-order valence-corrected chi connectivity index (χ0v) is 13.3. The number of nitrogens with zero attached hydrogens (tertiary/aromatic N) is 3. The van der Waals surface area contributed by atoms with Crippen LogP contribution in [-0.2, 0) is 0 Å². The van der Waals surface area contributed by atoms with Gasteiger partial charge in [0.15, 0.2) is 5.65 Å². The standard InChI is InChI=1S/C16H21ClN4/c1-10(2)7-11(3)19-16-20-14-8-12(17)9-18-15(14)21(16)13-5-4-6-13/h8-10,13H,3-7H2,1-2H3,(H,19,20). The molecule has 0 saturated heterocycles. The lowest BCUT2D eigenvalue weighted by molar-refractivity contribution is 0.322. The van der Waals surface area contributed by atoms with Crippen molar-refractivity contribution in [2.45, 2.75) is 45.6 Å². The first kappa shape index (κ1) is 14.4. The normalized spacial score (nSPS) is 15.4. The van der Waals surface area contributed by atoms with E-state index in [1.165, 1.54) is 19.3 Å². The van der Waals surface area contributed by atoms with Crippen molar-refractivity contribution in [1.29, 1.82) is 0 Å². The van der Waals surface area contributed by atoms with Gasteiger partial charge in [-0.2, -0.15) is 0 Å². The first-order valence-corrected chi connectivity index (χ1v) is 7.90. The predicted octanol–water partition coefficient (Wildman–Crippen LogP) is 4.78. The second kappa shape index (κ2) is 5.68. The molecular weight excluding hydrogens is 284 g/mol. The lowest BCUT2D eigenvalue weighted by Gasteiger charge is -2.29. The zero-order valence-electron chi connectivity index (χ0n) is 12.6. The molecule has 112 valence electrons. The quantitative estimate of drug-likeness (QED) is 0.864. The van der Waals surface area contributed by atoms with Crippen LogP contribution in [0.2, 0.25) is 5.02 Å². The SMILES string of the molecule is C=C(CC(C)C)Nc1nc2cc(Cl)cnc2n1C1CCC1. The van der Waals surface area contributed by atoms with Crippen molar-refractivity contribution in [2.24, 2.45) is 5.92 Å². The number of fused-ring (bicyclic) bond motifs is 1. The third kappa shape index (κ3) is 2.91. The fraction of sp³-hybridized carbons (Fsp3) is 0.500. The smallest absolute Gasteiger partial charge is 0.209 e. The van der Waals surface area contributed by atoms with Gasteiger partial charge in [-0.15, -0.1) is 0 Å². The maximum absolute atomic E-state index is 6.03. The molecule has 0 aromatic carbocycles. The molecule has 0 spiro atoms. The molecule has 1 fully saturated rings. The first-order valence-electron chi connectivity index (χ1n) is 7.53. The van der Waals surface area contributed by atoms with Crippen molar-refractivity contribution in [3.05, 3.63) is 29.6 Å². The summed E-state index contributed by atoms with van der Waals surface area (Å²) in [6.07, 6.45) is 6.25. The maximum Gasteiger partial charge on any atom is 0.209 e. The fourth-order valence-electron chi connectivity index (χ4n) is 2.74. The van der Waals surface area contributed by atoms with Crippen LogP contribution in [-0.4, -0.2) is 14.5 Å². The number of anilines is 1. The molecule has 0 atom stereocenters. The van der Waals surface area contributed by atoms with Crippen LogP contribution in [0.4, 0.5) is 5.95 Å². The Labute approximate surface area is 130 Å². The summed E-state index contributed by atoms with van der Waals surface area (Å²) >= 11 is 6.03. The molecule has 0 amide bonds. The zero-order chi connectivity index (χ0) is 15.0. The van der Waals surface area contributed by atoms with Crippen LogP contribution < -0.4 is 5.32 Å². The number of rotatable bonds is 5. The maximum atomic E-state index is 6.03. The molecule has 4 nitrogen and oxygen atoms in total. The van der Waals surface area contributed by atoms with Crippen molar-refractivity contribution < 1.29 is 0 Å². The molecule has 1 aliphatic carbocycles. The van der Waals surface area contributed by atoms with Crippen molar-refractivity contribution >= 4 is 28.7 Å². The van der Waals surface area contributed by atoms with Gasteiger partial charge >= 0.3 is 0 Å². The third-order valence-electron chi connectivity index (χ3n) is 3.88. The third-order valence-corrected chi connectivity index (χ3v) is 4.09. The minimum absolute atomic E-state index is 0.484. The molecule has 2 heterocycles. The van der Waals surface area contributed by atoms with Crippen molar-refractivity contribution in [1.82, 2.24) is 14.5 Å². The van der Waals surface area contributed by atoms with Gasteiger partial charge in [-0.1, -0.05) is 32.0 Å². The van der Waals surface area contributed by atoms with Crippen LogP contribution in [0.3, 0.4) is 0 Å². The number of hydrogen-bond acceptors (Lipinski definition) is 3. The van der Waals surface area contributed by atoms with Gasteiger partial charge in [0.25, 0.3) is 0 Å².